The van der Waals surface area contributed by atoms with Crippen LogP contribution in [0.5, 0.6) is 5.75 Å². The van der Waals surface area contributed by atoms with E-state index in [0.717, 1.165) is 56.4 Å². The quantitative estimate of drug-likeness (QED) is 0.768. The van der Waals surface area contributed by atoms with Crippen molar-refractivity contribution in [1.82, 2.24) is 9.80 Å². The molecule has 0 atom stereocenters. The maximum atomic E-state index is 13.0. The second-order valence-corrected chi connectivity index (χ2v) is 9.33. The number of amides is 2. The van der Waals surface area contributed by atoms with Crippen molar-refractivity contribution in [3.8, 4) is 5.75 Å². The summed E-state index contributed by atoms with van der Waals surface area (Å²) in [5.74, 6) is 0.843. The largest absolute Gasteiger partial charge is 0.495 e. The SMILES string of the molecule is COc1ccc(NC(=O)N2CCN(c3c(C)cc(C)cc3C)CC2)cc1N1CCN(C)CC1. The summed E-state index contributed by atoms with van der Waals surface area (Å²) in [7, 11) is 3.84. The maximum absolute atomic E-state index is 13.0. The Bertz CT molecular complexity index is 969. The molecule has 0 unspecified atom stereocenters. The molecule has 2 aliphatic rings. The summed E-state index contributed by atoms with van der Waals surface area (Å²) in [6.07, 6.45) is 0. The molecule has 7 heteroatoms. The Kier molecular flexibility index (Phi) is 6.98. The minimum Gasteiger partial charge on any atom is -0.495 e. The van der Waals surface area contributed by atoms with Gasteiger partial charge in [0, 0.05) is 63.7 Å². The number of rotatable bonds is 4. The van der Waals surface area contributed by atoms with Crippen LogP contribution in [0.4, 0.5) is 21.9 Å². The molecule has 0 aliphatic carbocycles. The molecule has 1 N–H and O–H groups in total. The van der Waals surface area contributed by atoms with Crippen molar-refractivity contribution in [3.63, 3.8) is 0 Å². The minimum atomic E-state index is -0.0403. The first kappa shape index (κ1) is 23.2. The average Bonchev–Trinajstić information content (AvgIpc) is 2.79. The van der Waals surface area contributed by atoms with Crippen LogP contribution in [-0.4, -0.2) is 82.3 Å². The van der Waals surface area contributed by atoms with Crippen LogP contribution >= 0.6 is 0 Å². The number of piperazine rings is 2. The van der Waals surface area contributed by atoms with Crippen LogP contribution in [0, 0.1) is 20.8 Å². The first-order valence-electron chi connectivity index (χ1n) is 11.9. The number of nitrogens with zero attached hydrogens (tertiary/aromatic N) is 4. The lowest BCUT2D eigenvalue weighted by molar-refractivity contribution is 0.208. The van der Waals surface area contributed by atoms with Crippen molar-refractivity contribution in [1.29, 1.82) is 0 Å². The predicted octanol–water partition coefficient (Wildman–Crippen LogP) is 3.73. The average molecular weight is 452 g/mol. The lowest BCUT2D eigenvalue weighted by Gasteiger charge is -2.37. The zero-order valence-electron chi connectivity index (χ0n) is 20.6. The summed E-state index contributed by atoms with van der Waals surface area (Å²) in [6, 6.07) is 10.3. The highest BCUT2D eigenvalue weighted by Gasteiger charge is 2.24. The molecule has 2 aromatic carbocycles. The summed E-state index contributed by atoms with van der Waals surface area (Å²) < 4.78 is 5.60. The molecular weight excluding hydrogens is 414 g/mol. The highest BCUT2D eigenvalue weighted by atomic mass is 16.5. The van der Waals surface area contributed by atoms with Gasteiger partial charge in [0.2, 0.25) is 0 Å². The molecule has 0 aromatic heterocycles. The molecule has 2 aromatic rings. The van der Waals surface area contributed by atoms with Crippen LogP contribution in [-0.2, 0) is 0 Å². The van der Waals surface area contributed by atoms with E-state index in [1.165, 1.54) is 22.4 Å². The molecule has 0 bridgehead atoms. The van der Waals surface area contributed by atoms with Gasteiger partial charge in [-0.15, -0.1) is 0 Å². The molecule has 2 amide bonds. The van der Waals surface area contributed by atoms with Gasteiger partial charge in [0.1, 0.15) is 5.75 Å². The summed E-state index contributed by atoms with van der Waals surface area (Å²) in [6.45, 7) is 13.5. The number of likely N-dealkylation sites (N-methyl/N-ethyl adjacent to an activating group) is 1. The fourth-order valence-corrected chi connectivity index (χ4v) is 5.07. The van der Waals surface area contributed by atoms with Crippen LogP contribution in [0.2, 0.25) is 0 Å². The number of benzene rings is 2. The van der Waals surface area contributed by atoms with Gasteiger partial charge in [0.05, 0.1) is 12.8 Å². The van der Waals surface area contributed by atoms with Crippen molar-refractivity contribution in [2.24, 2.45) is 0 Å². The van der Waals surface area contributed by atoms with Gasteiger partial charge < -0.3 is 29.7 Å². The van der Waals surface area contributed by atoms with Crippen LogP contribution < -0.4 is 19.9 Å². The first-order chi connectivity index (χ1) is 15.9. The number of hydrogen-bond acceptors (Lipinski definition) is 5. The molecule has 2 aliphatic heterocycles. The van der Waals surface area contributed by atoms with Gasteiger partial charge in [0.25, 0.3) is 0 Å². The van der Waals surface area contributed by atoms with E-state index in [4.69, 9.17) is 4.74 Å². The van der Waals surface area contributed by atoms with Gasteiger partial charge in [-0.3, -0.25) is 0 Å². The number of urea groups is 1. The Morgan fingerprint density at radius 1 is 0.848 bits per heavy atom. The highest BCUT2D eigenvalue weighted by Crippen LogP contribution is 2.32. The van der Waals surface area contributed by atoms with Crippen molar-refractivity contribution >= 4 is 23.1 Å². The molecule has 7 nitrogen and oxygen atoms in total. The van der Waals surface area contributed by atoms with Crippen molar-refractivity contribution < 1.29 is 9.53 Å². The van der Waals surface area contributed by atoms with E-state index in [0.29, 0.717) is 13.1 Å². The van der Waals surface area contributed by atoms with Gasteiger partial charge in [-0.05, 0) is 57.1 Å². The van der Waals surface area contributed by atoms with E-state index in [1.54, 1.807) is 7.11 Å². The molecule has 0 saturated carbocycles. The van der Waals surface area contributed by atoms with E-state index in [-0.39, 0.29) is 6.03 Å². The Morgan fingerprint density at radius 2 is 1.45 bits per heavy atom. The number of methoxy groups -OCH3 is 1. The lowest BCUT2D eigenvalue weighted by Crippen LogP contribution is -2.50. The standard InChI is InChI=1S/C26H37N5O2/c1-19-16-20(2)25(21(3)17-19)30-12-14-31(15-13-30)26(32)27-22-6-7-24(33-5)23(18-22)29-10-8-28(4)9-11-29/h6-7,16-18H,8-15H2,1-5H3,(H,27,32). The monoisotopic (exact) mass is 451 g/mol. The predicted molar refractivity (Wildman–Crippen MR) is 136 cm³/mol. The van der Waals surface area contributed by atoms with Gasteiger partial charge in [-0.25, -0.2) is 4.79 Å². The third-order valence-electron chi connectivity index (χ3n) is 6.79. The van der Waals surface area contributed by atoms with E-state index in [1.807, 2.05) is 23.1 Å². The number of anilines is 3. The topological polar surface area (TPSA) is 51.3 Å². The maximum Gasteiger partial charge on any atom is 0.321 e. The zero-order chi connectivity index (χ0) is 23.5. The third-order valence-corrected chi connectivity index (χ3v) is 6.79. The fourth-order valence-electron chi connectivity index (χ4n) is 5.07. The molecule has 4 rings (SSSR count). The Balaban J connectivity index is 1.40. The Labute approximate surface area is 197 Å². The van der Waals surface area contributed by atoms with E-state index >= 15 is 0 Å². The molecule has 2 heterocycles. The van der Waals surface area contributed by atoms with Gasteiger partial charge >= 0.3 is 6.03 Å². The van der Waals surface area contributed by atoms with Crippen molar-refractivity contribution in [2.75, 3.05) is 81.6 Å². The minimum absolute atomic E-state index is 0.0403. The van der Waals surface area contributed by atoms with Crippen molar-refractivity contribution in [2.45, 2.75) is 20.8 Å². The van der Waals surface area contributed by atoms with Crippen LogP contribution in [0.1, 0.15) is 16.7 Å². The number of aryl methyl sites for hydroxylation is 3. The molecule has 0 spiro atoms. The van der Waals surface area contributed by atoms with Crippen molar-refractivity contribution in [3.05, 3.63) is 47.0 Å². The Hall–Kier alpha value is -2.93. The van der Waals surface area contributed by atoms with E-state index in [9.17, 15) is 4.79 Å². The first-order valence-corrected chi connectivity index (χ1v) is 11.9. The molecule has 2 fully saturated rings. The van der Waals surface area contributed by atoms with Crippen LogP contribution in [0.25, 0.3) is 0 Å². The lowest BCUT2D eigenvalue weighted by atomic mass is 10.0. The Morgan fingerprint density at radius 3 is 2.06 bits per heavy atom. The van der Waals surface area contributed by atoms with Gasteiger partial charge in [0.15, 0.2) is 0 Å². The molecule has 33 heavy (non-hydrogen) atoms. The normalized spacial score (nSPS) is 17.3. The number of carbonyl (C=O) groups is 1. The fraction of sp³-hybridized carbons (Fsp3) is 0.500. The van der Waals surface area contributed by atoms with Gasteiger partial charge in [-0.1, -0.05) is 17.7 Å². The summed E-state index contributed by atoms with van der Waals surface area (Å²) in [4.78, 5) is 22.0. The smallest absolute Gasteiger partial charge is 0.321 e. The summed E-state index contributed by atoms with van der Waals surface area (Å²) in [5, 5.41) is 3.11. The zero-order valence-corrected chi connectivity index (χ0v) is 20.6. The number of nitrogens with one attached hydrogen (secondary N) is 1. The number of ether oxygens (including phenoxy) is 1. The van der Waals surface area contributed by atoms with Crippen LogP contribution in [0.3, 0.4) is 0 Å². The molecular formula is C26H37N5O2. The van der Waals surface area contributed by atoms with Crippen LogP contribution in [0.15, 0.2) is 30.3 Å². The summed E-state index contributed by atoms with van der Waals surface area (Å²) in [5.41, 5.74) is 7.07. The molecule has 0 radical (unpaired) electrons. The second-order valence-electron chi connectivity index (χ2n) is 9.33. The van der Waals surface area contributed by atoms with E-state index in [2.05, 4.69) is 60.0 Å². The molecule has 2 saturated heterocycles. The number of carbonyl (C=O) groups excluding carboxylic acids is 1. The van der Waals surface area contributed by atoms with E-state index < -0.39 is 0 Å². The molecule has 178 valence electrons. The van der Waals surface area contributed by atoms with Gasteiger partial charge in [-0.2, -0.15) is 0 Å². The second kappa shape index (κ2) is 9.91. The summed E-state index contributed by atoms with van der Waals surface area (Å²) >= 11 is 0. The third kappa shape index (κ3) is 5.19. The highest BCUT2D eigenvalue weighted by molar-refractivity contribution is 5.90. The number of hydrogen-bond donors (Lipinski definition) is 1.